The van der Waals surface area contributed by atoms with Crippen LogP contribution in [0.15, 0.2) is 12.3 Å². The molecule has 2 aliphatic rings. The summed E-state index contributed by atoms with van der Waals surface area (Å²) < 4.78 is 0. The third-order valence-corrected chi connectivity index (χ3v) is 5.03. The lowest BCUT2D eigenvalue weighted by Gasteiger charge is -2.40. The van der Waals surface area contributed by atoms with Crippen LogP contribution in [0.2, 0.25) is 0 Å². The molecular weight excluding hydrogens is 276 g/mol. The average molecular weight is 302 g/mol. The number of rotatable bonds is 4. The van der Waals surface area contributed by atoms with Gasteiger partial charge in [0.1, 0.15) is 17.7 Å². The lowest BCUT2D eigenvalue weighted by Crippen LogP contribution is -2.57. The molecule has 22 heavy (non-hydrogen) atoms. The number of amides is 1. The van der Waals surface area contributed by atoms with E-state index in [-0.39, 0.29) is 11.9 Å². The first-order valence-corrected chi connectivity index (χ1v) is 8.63. The quantitative estimate of drug-likeness (QED) is 0.858. The molecule has 5 nitrogen and oxygen atoms in total. The van der Waals surface area contributed by atoms with Crippen molar-refractivity contribution in [3.05, 3.63) is 18.1 Å². The van der Waals surface area contributed by atoms with Crippen LogP contribution in [0.3, 0.4) is 0 Å². The van der Waals surface area contributed by atoms with Gasteiger partial charge < -0.3 is 9.80 Å². The van der Waals surface area contributed by atoms with E-state index in [2.05, 4.69) is 16.8 Å². The first kappa shape index (κ1) is 15.3. The van der Waals surface area contributed by atoms with Crippen LogP contribution in [-0.2, 0) is 4.79 Å². The summed E-state index contributed by atoms with van der Waals surface area (Å²) in [6.07, 6.45) is 7.64. The van der Waals surface area contributed by atoms with Gasteiger partial charge in [-0.05, 0) is 32.3 Å². The van der Waals surface area contributed by atoms with Crippen molar-refractivity contribution in [2.24, 2.45) is 0 Å². The number of hydrogen-bond donors (Lipinski definition) is 0. The van der Waals surface area contributed by atoms with Crippen LogP contribution < -0.4 is 4.90 Å². The van der Waals surface area contributed by atoms with Gasteiger partial charge in [0.15, 0.2) is 0 Å². The smallest absolute Gasteiger partial charge is 0.245 e. The largest absolute Gasteiger partial charge is 0.343 e. The van der Waals surface area contributed by atoms with E-state index in [4.69, 9.17) is 4.98 Å². The fourth-order valence-corrected chi connectivity index (χ4v) is 3.73. The third-order valence-electron chi connectivity index (χ3n) is 5.03. The number of hydrogen-bond acceptors (Lipinski definition) is 4. The lowest BCUT2D eigenvalue weighted by molar-refractivity contribution is -0.134. The van der Waals surface area contributed by atoms with Gasteiger partial charge in [0, 0.05) is 31.7 Å². The molecule has 0 N–H and O–H groups in total. The van der Waals surface area contributed by atoms with Crippen molar-refractivity contribution in [3.63, 3.8) is 0 Å². The summed E-state index contributed by atoms with van der Waals surface area (Å²) in [6, 6.07) is 1.87. The second-order valence-electron chi connectivity index (χ2n) is 6.29. The molecule has 120 valence electrons. The van der Waals surface area contributed by atoms with Crippen LogP contribution in [-0.4, -0.2) is 46.5 Å². The predicted molar refractivity (Wildman–Crippen MR) is 86.9 cm³/mol. The van der Waals surface area contributed by atoms with Gasteiger partial charge in [0.2, 0.25) is 5.91 Å². The Hall–Kier alpha value is -1.65. The van der Waals surface area contributed by atoms with Crippen molar-refractivity contribution in [3.8, 4) is 0 Å². The molecule has 1 atom stereocenters. The third kappa shape index (κ3) is 2.81. The minimum atomic E-state index is -0.0833. The normalized spacial score (nSPS) is 23.4. The zero-order valence-corrected chi connectivity index (χ0v) is 13.7. The second-order valence-corrected chi connectivity index (χ2v) is 6.29. The summed E-state index contributed by atoms with van der Waals surface area (Å²) in [5.74, 6) is 2.63. The van der Waals surface area contributed by atoms with Crippen LogP contribution in [0.5, 0.6) is 0 Å². The molecule has 0 bridgehead atoms. The molecule has 1 amide bonds. The van der Waals surface area contributed by atoms with Crippen LogP contribution in [0.4, 0.5) is 5.82 Å². The summed E-state index contributed by atoms with van der Waals surface area (Å²) in [5, 5.41) is 0. The fourth-order valence-electron chi connectivity index (χ4n) is 3.73. The van der Waals surface area contributed by atoms with Crippen LogP contribution in [0, 0.1) is 0 Å². The topological polar surface area (TPSA) is 49.3 Å². The number of carbonyl (C=O) groups excluding carboxylic acids is 1. The lowest BCUT2D eigenvalue weighted by atomic mass is 10.1. The van der Waals surface area contributed by atoms with Crippen LogP contribution in [0.1, 0.15) is 57.7 Å². The van der Waals surface area contributed by atoms with E-state index >= 15 is 0 Å². The zero-order valence-electron chi connectivity index (χ0n) is 13.7. The Morgan fingerprint density at radius 1 is 1.23 bits per heavy atom. The number of aromatic nitrogens is 2. The number of nitrogens with zero attached hydrogens (tertiary/aromatic N) is 4. The van der Waals surface area contributed by atoms with Gasteiger partial charge in [0.05, 0.1) is 0 Å². The van der Waals surface area contributed by atoms with Gasteiger partial charge in [-0.25, -0.2) is 9.97 Å². The van der Waals surface area contributed by atoms with Crippen LogP contribution in [0.25, 0.3) is 0 Å². The van der Waals surface area contributed by atoms with Crippen molar-refractivity contribution in [2.45, 2.75) is 57.9 Å². The van der Waals surface area contributed by atoms with Crippen molar-refractivity contribution in [1.82, 2.24) is 14.9 Å². The molecule has 0 aromatic carbocycles. The Kier molecular flexibility index (Phi) is 4.60. The van der Waals surface area contributed by atoms with E-state index in [0.717, 1.165) is 37.7 Å². The number of likely N-dealkylation sites (N-methyl/N-ethyl adjacent to an activating group) is 1. The van der Waals surface area contributed by atoms with Crippen molar-refractivity contribution in [2.75, 3.05) is 24.5 Å². The molecule has 1 unspecified atom stereocenters. The summed E-state index contributed by atoms with van der Waals surface area (Å²) in [5.41, 5.74) is 0. The highest BCUT2D eigenvalue weighted by Crippen LogP contribution is 2.33. The first-order valence-electron chi connectivity index (χ1n) is 8.63. The molecule has 1 aliphatic heterocycles. The summed E-state index contributed by atoms with van der Waals surface area (Å²) in [4.78, 5) is 26.0. The Balaban J connectivity index is 1.83. The maximum absolute atomic E-state index is 12.6. The number of piperazine rings is 1. The highest BCUT2D eigenvalue weighted by atomic mass is 16.2. The van der Waals surface area contributed by atoms with E-state index in [1.54, 1.807) is 0 Å². The van der Waals surface area contributed by atoms with Gasteiger partial charge in [-0.1, -0.05) is 19.8 Å². The maximum Gasteiger partial charge on any atom is 0.245 e. The van der Waals surface area contributed by atoms with Gasteiger partial charge in [0.25, 0.3) is 0 Å². The summed E-state index contributed by atoms with van der Waals surface area (Å²) >= 11 is 0. The Morgan fingerprint density at radius 3 is 2.68 bits per heavy atom. The minimum Gasteiger partial charge on any atom is -0.343 e. The molecule has 5 heteroatoms. The number of carbonyl (C=O) groups is 1. The average Bonchev–Trinajstić information content (AvgIpc) is 3.09. The van der Waals surface area contributed by atoms with E-state index in [9.17, 15) is 4.79 Å². The minimum absolute atomic E-state index is 0.0833. The molecule has 3 rings (SSSR count). The molecule has 1 saturated heterocycles. The highest BCUT2D eigenvalue weighted by molar-refractivity contribution is 5.86. The van der Waals surface area contributed by atoms with Crippen molar-refractivity contribution >= 4 is 11.7 Å². The molecule has 2 heterocycles. The van der Waals surface area contributed by atoms with Gasteiger partial charge in [-0.2, -0.15) is 0 Å². The van der Waals surface area contributed by atoms with E-state index in [0.29, 0.717) is 5.92 Å². The molecule has 1 saturated carbocycles. The predicted octanol–water partition coefficient (Wildman–Crippen LogP) is 2.58. The Bertz CT molecular complexity index is 527. The maximum atomic E-state index is 12.6. The SMILES string of the molecule is CCC1C(=O)N(CC)CCN1c1ccnc(C2CCCC2)n1. The molecule has 0 spiro atoms. The van der Waals surface area contributed by atoms with Gasteiger partial charge >= 0.3 is 0 Å². The van der Waals surface area contributed by atoms with Gasteiger partial charge in [-0.3, -0.25) is 4.79 Å². The first-order chi connectivity index (χ1) is 10.7. The molecule has 1 aliphatic carbocycles. The zero-order chi connectivity index (χ0) is 15.5. The van der Waals surface area contributed by atoms with Gasteiger partial charge in [-0.15, -0.1) is 0 Å². The Morgan fingerprint density at radius 2 is 2.00 bits per heavy atom. The molecule has 2 fully saturated rings. The molecule has 0 radical (unpaired) electrons. The monoisotopic (exact) mass is 302 g/mol. The second kappa shape index (κ2) is 6.63. The summed E-state index contributed by atoms with van der Waals surface area (Å²) in [6.45, 7) is 6.56. The molecule has 1 aromatic heterocycles. The van der Waals surface area contributed by atoms with Crippen molar-refractivity contribution in [1.29, 1.82) is 0 Å². The molecular formula is C17H26N4O. The molecule has 1 aromatic rings. The van der Waals surface area contributed by atoms with Crippen molar-refractivity contribution < 1.29 is 4.79 Å². The highest BCUT2D eigenvalue weighted by Gasteiger charge is 2.33. The Labute approximate surface area is 132 Å². The van der Waals surface area contributed by atoms with E-state index in [1.165, 1.54) is 25.7 Å². The van der Waals surface area contributed by atoms with Crippen LogP contribution >= 0.6 is 0 Å². The fraction of sp³-hybridized carbons (Fsp3) is 0.706. The number of anilines is 1. The van der Waals surface area contributed by atoms with E-state index in [1.807, 2.05) is 24.1 Å². The summed E-state index contributed by atoms with van der Waals surface area (Å²) in [7, 11) is 0. The van der Waals surface area contributed by atoms with E-state index < -0.39 is 0 Å². The standard InChI is InChI=1S/C17H26N4O/c1-3-14-17(22)20(4-2)11-12-21(14)15-9-10-18-16(19-15)13-7-5-6-8-13/h9-10,13-14H,3-8,11-12H2,1-2H3.